The fourth-order valence-electron chi connectivity index (χ4n) is 0. The minimum absolute atomic E-state index is 0.167. The molecule has 0 radical (unpaired) electrons. The zero-order valence-electron chi connectivity index (χ0n) is 9.15. The molecule has 5 nitrogen and oxygen atoms in total. The van der Waals surface area contributed by atoms with Gasteiger partial charge in [0.2, 0.25) is 0 Å². The van der Waals surface area contributed by atoms with Gasteiger partial charge in [-0.2, -0.15) is 0 Å². The largest absolute Gasteiger partial charge is 0.394 e. The Morgan fingerprint density at radius 1 is 1.00 bits per heavy atom. The molecule has 0 spiro atoms. The van der Waals surface area contributed by atoms with Crippen LogP contribution in [0.15, 0.2) is 0 Å². The van der Waals surface area contributed by atoms with Crippen molar-refractivity contribution < 1.29 is 24.9 Å². The molecule has 0 saturated heterocycles. The lowest BCUT2D eigenvalue weighted by molar-refractivity contribution is -0.120. The van der Waals surface area contributed by atoms with Crippen molar-refractivity contribution in [2.24, 2.45) is 0 Å². The van der Waals surface area contributed by atoms with E-state index in [-0.39, 0.29) is 30.9 Å². The number of aliphatic hydroxyl groups is 3. The standard InChI is InChI=1S/2C3H6O2.C3H8O/c2*1-3(5)2-4;1-3(2)4/h2*4H,2H2,1H3;3-4H,1-2H3. The molecule has 3 N–H and O–H groups in total. The van der Waals surface area contributed by atoms with Crippen LogP contribution >= 0.6 is 0 Å². The molecule has 0 bridgehead atoms. The number of rotatable bonds is 2. The quantitative estimate of drug-likeness (QED) is 0.570. The van der Waals surface area contributed by atoms with E-state index >= 15 is 0 Å². The molecule has 0 heterocycles. The zero-order chi connectivity index (χ0) is 12.1. The van der Waals surface area contributed by atoms with Crippen LogP contribution in [0.4, 0.5) is 0 Å². The maximum absolute atomic E-state index is 9.56. The molecule has 0 amide bonds. The molecule has 0 saturated carbocycles. The van der Waals surface area contributed by atoms with E-state index in [1.165, 1.54) is 13.8 Å². The van der Waals surface area contributed by atoms with E-state index in [1.807, 2.05) is 0 Å². The minimum Gasteiger partial charge on any atom is -0.394 e. The summed E-state index contributed by atoms with van der Waals surface area (Å²) in [4.78, 5) is 19.1. The SMILES string of the molecule is CC(=O)CO.CC(=O)CO.CC(C)O. The zero-order valence-corrected chi connectivity index (χ0v) is 9.15. The molecule has 0 aromatic rings. The van der Waals surface area contributed by atoms with Gasteiger partial charge in [0.1, 0.15) is 13.2 Å². The van der Waals surface area contributed by atoms with E-state index in [0.29, 0.717) is 0 Å². The third-order valence-electron chi connectivity index (χ3n) is 0.445. The maximum atomic E-state index is 9.56. The Hall–Kier alpha value is -0.780. The summed E-state index contributed by atoms with van der Waals surface area (Å²) in [5.41, 5.74) is 0. The van der Waals surface area contributed by atoms with Crippen LogP contribution in [0.5, 0.6) is 0 Å². The Morgan fingerprint density at radius 2 is 1.07 bits per heavy atom. The van der Waals surface area contributed by atoms with Crippen molar-refractivity contribution in [3.63, 3.8) is 0 Å². The van der Waals surface area contributed by atoms with Gasteiger partial charge in [-0.15, -0.1) is 0 Å². The Balaban J connectivity index is -0.000000131. The van der Waals surface area contributed by atoms with Gasteiger partial charge in [0.05, 0.1) is 0 Å². The highest BCUT2D eigenvalue weighted by molar-refractivity contribution is 5.76. The van der Waals surface area contributed by atoms with Gasteiger partial charge < -0.3 is 15.3 Å². The van der Waals surface area contributed by atoms with Gasteiger partial charge in [-0.1, -0.05) is 0 Å². The Labute approximate surface area is 84.4 Å². The van der Waals surface area contributed by atoms with Crippen molar-refractivity contribution in [1.82, 2.24) is 0 Å². The van der Waals surface area contributed by atoms with Crippen molar-refractivity contribution in [3.8, 4) is 0 Å². The summed E-state index contributed by atoms with van der Waals surface area (Å²) in [6.07, 6.45) is -0.167. The lowest BCUT2D eigenvalue weighted by Gasteiger charge is -1.80. The van der Waals surface area contributed by atoms with Gasteiger partial charge >= 0.3 is 0 Å². The highest BCUT2D eigenvalue weighted by Gasteiger charge is 1.78. The Kier molecular flexibility index (Phi) is 19.9. The van der Waals surface area contributed by atoms with Crippen LogP contribution in [0.25, 0.3) is 0 Å². The highest BCUT2D eigenvalue weighted by atomic mass is 16.3. The number of carbonyl (C=O) groups excluding carboxylic acids is 2. The highest BCUT2D eigenvalue weighted by Crippen LogP contribution is 1.65. The third-order valence-corrected chi connectivity index (χ3v) is 0.445. The number of ketones is 2. The van der Waals surface area contributed by atoms with Crippen molar-refractivity contribution in [2.45, 2.75) is 33.8 Å². The van der Waals surface area contributed by atoms with E-state index in [0.717, 1.165) is 0 Å². The van der Waals surface area contributed by atoms with E-state index in [2.05, 4.69) is 0 Å². The average molecular weight is 208 g/mol. The van der Waals surface area contributed by atoms with Crippen LogP contribution in [0.3, 0.4) is 0 Å². The smallest absolute Gasteiger partial charge is 0.155 e. The van der Waals surface area contributed by atoms with Crippen molar-refractivity contribution in [2.75, 3.05) is 13.2 Å². The monoisotopic (exact) mass is 208 g/mol. The predicted molar refractivity (Wildman–Crippen MR) is 52.9 cm³/mol. The number of aliphatic hydroxyl groups excluding tert-OH is 3. The van der Waals surface area contributed by atoms with Crippen LogP contribution in [-0.2, 0) is 9.59 Å². The van der Waals surface area contributed by atoms with Gasteiger partial charge in [0, 0.05) is 6.10 Å². The van der Waals surface area contributed by atoms with E-state index in [4.69, 9.17) is 15.3 Å². The first kappa shape index (κ1) is 18.9. The number of Topliss-reactive ketones (excluding diaryl/α,β-unsaturated/α-hetero) is 2. The predicted octanol–water partition coefficient (Wildman–Crippen LogP) is -0.478. The normalized spacial score (nSPS) is 8.00. The van der Waals surface area contributed by atoms with Crippen molar-refractivity contribution >= 4 is 11.6 Å². The second kappa shape index (κ2) is 14.7. The maximum Gasteiger partial charge on any atom is 0.155 e. The molecule has 86 valence electrons. The summed E-state index contributed by atoms with van der Waals surface area (Å²) in [6.45, 7) is 5.44. The Bertz CT molecular complexity index is 125. The minimum atomic E-state index is -0.333. The summed E-state index contributed by atoms with van der Waals surface area (Å²) in [5.74, 6) is -0.380. The molecule has 0 aliphatic rings. The molecule has 0 aromatic carbocycles. The lowest BCUT2D eigenvalue weighted by atomic mass is 10.5. The fraction of sp³-hybridized carbons (Fsp3) is 0.778. The number of hydrogen-bond acceptors (Lipinski definition) is 5. The molecule has 0 aliphatic carbocycles. The fourth-order valence-corrected chi connectivity index (χ4v) is 0. The number of carbonyl (C=O) groups is 2. The van der Waals surface area contributed by atoms with E-state index in [1.54, 1.807) is 13.8 Å². The van der Waals surface area contributed by atoms with Crippen LogP contribution in [0.1, 0.15) is 27.7 Å². The molecule has 0 aromatic heterocycles. The first-order valence-corrected chi connectivity index (χ1v) is 4.16. The molecular weight excluding hydrogens is 188 g/mol. The second-order valence-corrected chi connectivity index (χ2v) is 2.81. The molecular formula is C9H20O5. The topological polar surface area (TPSA) is 94.8 Å². The summed E-state index contributed by atoms with van der Waals surface area (Å²) in [7, 11) is 0. The van der Waals surface area contributed by atoms with Crippen LogP contribution in [-0.4, -0.2) is 46.2 Å². The summed E-state index contributed by atoms with van der Waals surface area (Å²) < 4.78 is 0. The summed E-state index contributed by atoms with van der Waals surface area (Å²) >= 11 is 0. The van der Waals surface area contributed by atoms with Gasteiger partial charge in [-0.25, -0.2) is 0 Å². The van der Waals surface area contributed by atoms with Crippen molar-refractivity contribution in [1.29, 1.82) is 0 Å². The third kappa shape index (κ3) is 113. The van der Waals surface area contributed by atoms with E-state index < -0.39 is 0 Å². The lowest BCUT2D eigenvalue weighted by Crippen LogP contribution is -1.93. The molecule has 0 atom stereocenters. The molecule has 0 fully saturated rings. The molecule has 0 aliphatic heterocycles. The van der Waals surface area contributed by atoms with Crippen LogP contribution in [0.2, 0.25) is 0 Å². The Morgan fingerprint density at radius 3 is 1.07 bits per heavy atom. The number of hydrogen-bond donors (Lipinski definition) is 3. The van der Waals surface area contributed by atoms with Gasteiger partial charge in [0.15, 0.2) is 11.6 Å². The van der Waals surface area contributed by atoms with Crippen molar-refractivity contribution in [3.05, 3.63) is 0 Å². The van der Waals surface area contributed by atoms with Crippen LogP contribution < -0.4 is 0 Å². The molecule has 0 unspecified atom stereocenters. The molecule has 5 heteroatoms. The molecule has 14 heavy (non-hydrogen) atoms. The summed E-state index contributed by atoms with van der Waals surface area (Å²) in [6, 6.07) is 0. The van der Waals surface area contributed by atoms with Crippen LogP contribution in [0, 0.1) is 0 Å². The second-order valence-electron chi connectivity index (χ2n) is 2.81. The molecule has 0 rings (SSSR count). The summed E-state index contributed by atoms with van der Waals surface area (Å²) in [5, 5.41) is 23.6. The first-order chi connectivity index (χ1) is 6.27. The van der Waals surface area contributed by atoms with Gasteiger partial charge in [-0.05, 0) is 27.7 Å². The first-order valence-electron chi connectivity index (χ1n) is 4.16. The van der Waals surface area contributed by atoms with E-state index in [9.17, 15) is 9.59 Å². The van der Waals surface area contributed by atoms with Gasteiger partial charge in [0.25, 0.3) is 0 Å². The average Bonchev–Trinajstić information content (AvgIpc) is 2.04. The van der Waals surface area contributed by atoms with Gasteiger partial charge in [-0.3, -0.25) is 9.59 Å².